The Hall–Kier alpha value is -2.82. The molecule has 1 aromatic carbocycles. The highest BCUT2D eigenvalue weighted by Crippen LogP contribution is 2.37. The SMILES string of the molecule is [N-]=[N+]=NC(=C(C(N)=O)C(F)(F)F)c1c(F)c(F)c(F)c(F)c1F. The van der Waals surface area contributed by atoms with Crippen molar-refractivity contribution >= 4 is 11.6 Å². The van der Waals surface area contributed by atoms with Gasteiger partial charge in [0.1, 0.15) is 5.57 Å². The first-order valence-corrected chi connectivity index (χ1v) is 5.13. The summed E-state index contributed by atoms with van der Waals surface area (Å²) in [5.41, 5.74) is 5.56. The van der Waals surface area contributed by atoms with Gasteiger partial charge in [0.25, 0.3) is 5.91 Å². The van der Waals surface area contributed by atoms with E-state index in [0.29, 0.717) is 0 Å². The first-order valence-electron chi connectivity index (χ1n) is 5.13. The Morgan fingerprint density at radius 2 is 1.35 bits per heavy atom. The summed E-state index contributed by atoms with van der Waals surface area (Å²) in [6.45, 7) is 0. The zero-order chi connectivity index (χ0) is 18.1. The number of rotatable bonds is 3. The van der Waals surface area contributed by atoms with Gasteiger partial charge in [0, 0.05) is 4.91 Å². The molecule has 0 spiro atoms. The quantitative estimate of drug-likeness (QED) is 0.170. The van der Waals surface area contributed by atoms with Gasteiger partial charge < -0.3 is 5.73 Å². The third-order valence-electron chi connectivity index (χ3n) is 2.36. The van der Waals surface area contributed by atoms with Gasteiger partial charge in [0.2, 0.25) is 5.82 Å². The molecule has 1 aromatic rings. The standard InChI is InChI=1S/C10H2F8N4O/c11-3-1(4(12)6(14)7(15)5(3)13)8(21-22-20)2(9(19)23)10(16,17)18/h(H2,19,23). The molecule has 0 heterocycles. The molecule has 0 saturated heterocycles. The van der Waals surface area contributed by atoms with Gasteiger partial charge in [-0.25, -0.2) is 22.0 Å². The van der Waals surface area contributed by atoms with Gasteiger partial charge in [-0.1, -0.05) is 5.11 Å². The fraction of sp³-hybridized carbons (Fsp3) is 0.100. The average molecular weight is 346 g/mol. The minimum Gasteiger partial charge on any atom is -0.366 e. The normalized spacial score (nSPS) is 12.5. The highest BCUT2D eigenvalue weighted by atomic mass is 19.4. The number of nitrogens with two attached hydrogens (primary N) is 1. The van der Waals surface area contributed by atoms with E-state index < -0.39 is 58.0 Å². The molecule has 0 aliphatic rings. The molecule has 0 radical (unpaired) electrons. The third kappa shape index (κ3) is 3.18. The predicted octanol–water partition coefficient (Wildman–Crippen LogP) is 3.45. The molecule has 1 amide bonds. The maximum absolute atomic E-state index is 13.5. The molecule has 0 fully saturated rings. The highest BCUT2D eigenvalue weighted by Gasteiger charge is 2.42. The number of primary amides is 1. The van der Waals surface area contributed by atoms with E-state index in [1.807, 2.05) is 0 Å². The monoisotopic (exact) mass is 346 g/mol. The molecule has 124 valence electrons. The van der Waals surface area contributed by atoms with Crippen LogP contribution in [0.3, 0.4) is 0 Å². The minimum atomic E-state index is -5.70. The molecule has 0 atom stereocenters. The first kappa shape index (κ1) is 18.2. The van der Waals surface area contributed by atoms with Gasteiger partial charge in [0.15, 0.2) is 23.3 Å². The van der Waals surface area contributed by atoms with Crippen LogP contribution >= 0.6 is 0 Å². The van der Waals surface area contributed by atoms with E-state index in [1.54, 1.807) is 4.91 Å². The second kappa shape index (κ2) is 6.12. The molecular formula is C10H2F8N4O. The summed E-state index contributed by atoms with van der Waals surface area (Å²) < 4.78 is 104. The number of hydrogen-bond acceptors (Lipinski definition) is 2. The van der Waals surface area contributed by atoms with Crippen LogP contribution in [0, 0.1) is 29.1 Å². The zero-order valence-electron chi connectivity index (χ0n) is 10.4. The summed E-state index contributed by atoms with van der Waals surface area (Å²) in [6, 6.07) is 0. The number of benzene rings is 1. The molecule has 0 aromatic heterocycles. The van der Waals surface area contributed by atoms with Crippen LogP contribution in [0.25, 0.3) is 16.1 Å². The van der Waals surface area contributed by atoms with Crippen LogP contribution in [0.2, 0.25) is 0 Å². The van der Waals surface area contributed by atoms with Crippen LogP contribution in [0.1, 0.15) is 5.56 Å². The molecular weight excluding hydrogens is 344 g/mol. The van der Waals surface area contributed by atoms with E-state index in [2.05, 4.69) is 10.8 Å². The van der Waals surface area contributed by atoms with E-state index >= 15 is 0 Å². The fourth-order valence-corrected chi connectivity index (χ4v) is 1.47. The summed E-state index contributed by atoms with van der Waals surface area (Å²) in [5.74, 6) is -15.7. The molecule has 23 heavy (non-hydrogen) atoms. The van der Waals surface area contributed by atoms with Gasteiger partial charge in [0.05, 0.1) is 11.3 Å². The van der Waals surface area contributed by atoms with Crippen molar-refractivity contribution in [2.24, 2.45) is 10.8 Å². The number of alkyl halides is 3. The number of carbonyl (C=O) groups excluding carboxylic acids is 1. The van der Waals surface area contributed by atoms with Crippen molar-refractivity contribution in [2.75, 3.05) is 0 Å². The lowest BCUT2D eigenvalue weighted by atomic mass is 10.0. The number of carbonyl (C=O) groups is 1. The summed E-state index contributed by atoms with van der Waals surface area (Å²) in [5, 5.41) is 2.22. The lowest BCUT2D eigenvalue weighted by Crippen LogP contribution is -2.28. The summed E-state index contributed by atoms with van der Waals surface area (Å²) >= 11 is 0. The Balaban J connectivity index is 4.10. The second-order valence-corrected chi connectivity index (χ2v) is 3.72. The van der Waals surface area contributed by atoms with Crippen molar-refractivity contribution < 1.29 is 39.9 Å². The number of amides is 1. The van der Waals surface area contributed by atoms with Crippen molar-refractivity contribution in [3.63, 3.8) is 0 Å². The molecule has 0 saturated carbocycles. The molecule has 5 nitrogen and oxygen atoms in total. The average Bonchev–Trinajstić information content (AvgIpc) is 2.41. The van der Waals surface area contributed by atoms with Crippen LogP contribution in [-0.2, 0) is 4.79 Å². The van der Waals surface area contributed by atoms with Crippen LogP contribution in [0.5, 0.6) is 0 Å². The largest absolute Gasteiger partial charge is 0.422 e. The van der Waals surface area contributed by atoms with Crippen LogP contribution in [-0.4, -0.2) is 12.1 Å². The Labute approximate surface area is 120 Å². The molecule has 0 bridgehead atoms. The van der Waals surface area contributed by atoms with Crippen LogP contribution < -0.4 is 5.73 Å². The Kier molecular flexibility index (Phi) is 4.85. The van der Waals surface area contributed by atoms with E-state index in [9.17, 15) is 39.9 Å². The van der Waals surface area contributed by atoms with E-state index in [0.717, 1.165) is 0 Å². The number of hydrogen-bond donors (Lipinski definition) is 1. The van der Waals surface area contributed by atoms with E-state index in [4.69, 9.17) is 5.53 Å². The van der Waals surface area contributed by atoms with Gasteiger partial charge >= 0.3 is 6.18 Å². The second-order valence-electron chi connectivity index (χ2n) is 3.72. The molecule has 0 aliphatic carbocycles. The van der Waals surface area contributed by atoms with Crippen LogP contribution in [0.15, 0.2) is 10.7 Å². The van der Waals surface area contributed by atoms with Gasteiger partial charge in [-0.05, 0) is 5.53 Å². The lowest BCUT2D eigenvalue weighted by Gasteiger charge is -2.14. The Morgan fingerprint density at radius 1 is 0.957 bits per heavy atom. The Morgan fingerprint density at radius 3 is 1.65 bits per heavy atom. The fourth-order valence-electron chi connectivity index (χ4n) is 1.47. The number of halogens is 8. The summed E-state index contributed by atoms with van der Waals surface area (Å²) in [7, 11) is 0. The van der Waals surface area contributed by atoms with Gasteiger partial charge in [-0.3, -0.25) is 4.79 Å². The smallest absolute Gasteiger partial charge is 0.366 e. The first-order chi connectivity index (χ1) is 10.4. The van der Waals surface area contributed by atoms with Crippen LogP contribution in [0.4, 0.5) is 35.1 Å². The highest BCUT2D eigenvalue weighted by molar-refractivity contribution is 6.01. The van der Waals surface area contributed by atoms with Crippen molar-refractivity contribution in [2.45, 2.75) is 6.18 Å². The van der Waals surface area contributed by atoms with Crippen molar-refractivity contribution in [3.8, 4) is 0 Å². The van der Waals surface area contributed by atoms with E-state index in [1.165, 1.54) is 0 Å². The third-order valence-corrected chi connectivity index (χ3v) is 2.36. The Bertz CT molecular complexity index is 734. The number of azide groups is 1. The molecule has 2 N–H and O–H groups in total. The zero-order valence-corrected chi connectivity index (χ0v) is 10.4. The topological polar surface area (TPSA) is 91.8 Å². The lowest BCUT2D eigenvalue weighted by molar-refractivity contribution is -0.127. The maximum Gasteiger partial charge on any atom is 0.422 e. The van der Waals surface area contributed by atoms with Gasteiger partial charge in [-0.15, -0.1) is 0 Å². The summed E-state index contributed by atoms with van der Waals surface area (Å²) in [6.07, 6.45) is -5.70. The van der Waals surface area contributed by atoms with E-state index in [-0.39, 0.29) is 0 Å². The molecule has 0 unspecified atom stereocenters. The van der Waals surface area contributed by atoms with Crippen molar-refractivity contribution in [1.82, 2.24) is 0 Å². The number of nitrogens with zero attached hydrogens (tertiary/aromatic N) is 3. The minimum absolute atomic E-state index is 1.78. The molecule has 0 aliphatic heterocycles. The molecule has 13 heteroatoms. The summed E-state index contributed by atoms with van der Waals surface area (Å²) in [4.78, 5) is 12.6. The predicted molar refractivity (Wildman–Crippen MR) is 57.5 cm³/mol. The molecule has 1 rings (SSSR count). The van der Waals surface area contributed by atoms with Crippen molar-refractivity contribution in [1.29, 1.82) is 0 Å². The maximum atomic E-state index is 13.5. The van der Waals surface area contributed by atoms with Gasteiger partial charge in [-0.2, -0.15) is 13.2 Å². The van der Waals surface area contributed by atoms with Crippen molar-refractivity contribution in [3.05, 3.63) is 50.7 Å².